The maximum absolute atomic E-state index is 12.9. The molecule has 2 aromatic carbocycles. The highest BCUT2D eigenvalue weighted by Gasteiger charge is 2.52. The SMILES string of the molecule is CC1(C)OB(C(=Cc2cc(Br)cnc2N)CNC(=O)OCC2c3ccccc3-c3ccccc32)OC1(C)C. The second kappa shape index (κ2) is 10.2. The van der Waals surface area contributed by atoms with Crippen LogP contribution in [-0.4, -0.2) is 42.5 Å². The number of halogens is 1. The van der Waals surface area contributed by atoms with Gasteiger partial charge in [0.2, 0.25) is 0 Å². The van der Waals surface area contributed by atoms with Crippen molar-refractivity contribution in [1.29, 1.82) is 0 Å². The third-order valence-electron chi connectivity index (χ3n) is 7.59. The minimum Gasteiger partial charge on any atom is -0.449 e. The number of nitrogen functional groups attached to an aromatic ring is 1. The fourth-order valence-electron chi connectivity index (χ4n) is 4.80. The molecule has 9 heteroatoms. The van der Waals surface area contributed by atoms with Crippen LogP contribution in [0.15, 0.2) is 70.7 Å². The van der Waals surface area contributed by atoms with Crippen molar-refractivity contribution in [2.24, 2.45) is 0 Å². The summed E-state index contributed by atoms with van der Waals surface area (Å²) < 4.78 is 19.0. The quantitative estimate of drug-likeness (QED) is 0.351. The highest BCUT2D eigenvalue weighted by Crippen LogP contribution is 2.44. The van der Waals surface area contributed by atoms with Gasteiger partial charge in [0.05, 0.1) is 11.2 Å². The van der Waals surface area contributed by atoms with Crippen molar-refractivity contribution < 1.29 is 18.8 Å². The van der Waals surface area contributed by atoms with Gasteiger partial charge in [0.15, 0.2) is 0 Å². The van der Waals surface area contributed by atoms with Gasteiger partial charge in [0.25, 0.3) is 0 Å². The van der Waals surface area contributed by atoms with Gasteiger partial charge in [-0.25, -0.2) is 9.78 Å². The molecule has 0 spiro atoms. The minimum atomic E-state index is -0.674. The number of nitrogens with zero attached hydrogens (tertiary/aromatic N) is 1. The summed E-state index contributed by atoms with van der Waals surface area (Å²) in [7, 11) is -0.674. The number of carbonyl (C=O) groups is 1. The second-order valence-corrected chi connectivity index (χ2v) is 11.5. The number of benzene rings is 2. The molecule has 1 fully saturated rings. The number of nitrogens with two attached hydrogens (primary N) is 1. The van der Waals surface area contributed by atoms with Gasteiger partial charge >= 0.3 is 13.2 Å². The van der Waals surface area contributed by atoms with Crippen LogP contribution in [0.4, 0.5) is 10.6 Å². The van der Waals surface area contributed by atoms with Crippen LogP contribution in [0.25, 0.3) is 17.2 Å². The van der Waals surface area contributed by atoms with Gasteiger partial charge in [0.1, 0.15) is 12.4 Å². The molecular formula is C29H31BBrN3O4. The summed E-state index contributed by atoms with van der Waals surface area (Å²) in [6.07, 6.45) is 2.96. The number of hydrogen-bond donors (Lipinski definition) is 2. The first kappa shape index (κ1) is 26.5. The van der Waals surface area contributed by atoms with E-state index in [1.807, 2.05) is 64.1 Å². The Morgan fingerprint density at radius 1 is 1.08 bits per heavy atom. The molecule has 0 bridgehead atoms. The molecular weight excluding hydrogens is 545 g/mol. The lowest BCUT2D eigenvalue weighted by Crippen LogP contribution is -2.41. The van der Waals surface area contributed by atoms with Gasteiger partial charge in [-0.05, 0) is 77.4 Å². The third kappa shape index (κ3) is 5.10. The summed E-state index contributed by atoms with van der Waals surface area (Å²) in [5, 5.41) is 2.88. The van der Waals surface area contributed by atoms with E-state index in [1.165, 1.54) is 11.1 Å². The molecule has 0 saturated carbocycles. The van der Waals surface area contributed by atoms with E-state index in [0.717, 1.165) is 15.6 Å². The number of carbonyl (C=O) groups excluding carboxylic acids is 1. The number of fused-ring (bicyclic) bond motifs is 3. The predicted octanol–water partition coefficient (Wildman–Crippen LogP) is 5.98. The number of amides is 1. The van der Waals surface area contributed by atoms with E-state index in [9.17, 15) is 4.79 Å². The van der Waals surface area contributed by atoms with Gasteiger partial charge < -0.3 is 25.1 Å². The minimum absolute atomic E-state index is 0.0150. The Kier molecular flexibility index (Phi) is 7.11. The summed E-state index contributed by atoms with van der Waals surface area (Å²) in [5.74, 6) is 0.349. The zero-order valence-corrected chi connectivity index (χ0v) is 23.5. The molecule has 1 saturated heterocycles. The van der Waals surface area contributed by atoms with Gasteiger partial charge in [-0.2, -0.15) is 0 Å². The van der Waals surface area contributed by atoms with E-state index in [2.05, 4.69) is 50.5 Å². The van der Waals surface area contributed by atoms with E-state index >= 15 is 0 Å². The average Bonchev–Trinajstić information content (AvgIpc) is 3.31. The molecule has 38 heavy (non-hydrogen) atoms. The van der Waals surface area contributed by atoms with Crippen LogP contribution in [0.5, 0.6) is 0 Å². The average molecular weight is 576 g/mol. The molecule has 7 nitrogen and oxygen atoms in total. The molecule has 3 N–H and O–H groups in total. The second-order valence-electron chi connectivity index (χ2n) is 10.6. The maximum atomic E-state index is 12.9. The van der Waals surface area contributed by atoms with Gasteiger partial charge in [-0.3, -0.25) is 0 Å². The molecule has 5 rings (SSSR count). The number of hydrogen-bond acceptors (Lipinski definition) is 6. The lowest BCUT2D eigenvalue weighted by Gasteiger charge is -2.32. The number of anilines is 1. The highest BCUT2D eigenvalue weighted by molar-refractivity contribution is 9.10. The molecule has 0 unspecified atom stereocenters. The standard InChI is InChI=1S/C29H31BBrN3O4/c1-28(2)29(3,4)38-30(37-28)19(13-18-14-20(31)16-33-26(18)32)15-34-27(35)36-17-25-23-11-7-5-9-21(23)22-10-6-8-12-24(22)25/h5-14,16,25H,15,17H2,1-4H3,(H2,32,33)(H,34,35). The van der Waals surface area contributed by atoms with E-state index in [0.29, 0.717) is 16.9 Å². The Morgan fingerprint density at radius 3 is 2.26 bits per heavy atom. The number of ether oxygens (including phenoxy) is 1. The van der Waals surface area contributed by atoms with Gasteiger partial charge in [-0.1, -0.05) is 54.6 Å². The predicted molar refractivity (Wildman–Crippen MR) is 153 cm³/mol. The lowest BCUT2D eigenvalue weighted by atomic mass is 9.77. The van der Waals surface area contributed by atoms with Crippen molar-refractivity contribution >= 4 is 41.0 Å². The first-order chi connectivity index (χ1) is 18.1. The summed E-state index contributed by atoms with van der Waals surface area (Å²) in [5.41, 5.74) is 11.1. The Labute approximate surface area is 232 Å². The van der Waals surface area contributed by atoms with Crippen LogP contribution in [0.1, 0.15) is 50.3 Å². The van der Waals surface area contributed by atoms with Gasteiger partial charge in [0, 0.05) is 28.7 Å². The number of alkyl carbamates (subject to hydrolysis) is 1. The van der Waals surface area contributed by atoms with E-state index < -0.39 is 24.4 Å². The normalized spacial score (nSPS) is 17.7. The molecule has 2 aliphatic rings. The summed E-state index contributed by atoms with van der Waals surface area (Å²) in [4.78, 5) is 17.1. The fraction of sp³-hybridized carbons (Fsp3) is 0.310. The summed E-state index contributed by atoms with van der Waals surface area (Å²) in [6, 6.07) is 18.4. The fourth-order valence-corrected chi connectivity index (χ4v) is 5.15. The van der Waals surface area contributed by atoms with Crippen molar-refractivity contribution in [3.05, 3.63) is 87.4 Å². The van der Waals surface area contributed by atoms with Crippen LogP contribution in [0, 0.1) is 0 Å². The van der Waals surface area contributed by atoms with Crippen molar-refractivity contribution in [1.82, 2.24) is 10.3 Å². The molecule has 0 radical (unpaired) electrons. The first-order valence-corrected chi connectivity index (χ1v) is 13.4. The van der Waals surface area contributed by atoms with Crippen molar-refractivity contribution in [2.45, 2.75) is 44.8 Å². The van der Waals surface area contributed by atoms with Crippen LogP contribution in [0.3, 0.4) is 0 Å². The molecule has 1 aliphatic carbocycles. The Hall–Kier alpha value is -3.14. The van der Waals surface area contributed by atoms with Crippen LogP contribution in [0.2, 0.25) is 0 Å². The molecule has 0 atom stereocenters. The smallest absolute Gasteiger partial charge is 0.449 e. The zero-order valence-electron chi connectivity index (χ0n) is 22.0. The van der Waals surface area contributed by atoms with Crippen molar-refractivity contribution in [3.8, 4) is 11.1 Å². The van der Waals surface area contributed by atoms with E-state index in [1.54, 1.807) is 6.20 Å². The third-order valence-corrected chi connectivity index (χ3v) is 8.03. The molecule has 196 valence electrons. The highest BCUT2D eigenvalue weighted by atomic mass is 79.9. The van der Waals surface area contributed by atoms with Crippen LogP contribution in [-0.2, 0) is 14.0 Å². The Balaban J connectivity index is 1.31. The molecule has 2 heterocycles. The Morgan fingerprint density at radius 2 is 1.66 bits per heavy atom. The molecule has 1 aromatic heterocycles. The largest absolute Gasteiger partial charge is 0.492 e. The first-order valence-electron chi connectivity index (χ1n) is 12.6. The number of aromatic nitrogens is 1. The van der Waals surface area contributed by atoms with Crippen molar-refractivity contribution in [3.63, 3.8) is 0 Å². The molecule has 1 amide bonds. The number of pyridine rings is 1. The van der Waals surface area contributed by atoms with Crippen LogP contribution < -0.4 is 11.1 Å². The van der Waals surface area contributed by atoms with E-state index in [4.69, 9.17) is 19.8 Å². The summed E-state index contributed by atoms with van der Waals surface area (Å²) >= 11 is 3.44. The van der Waals surface area contributed by atoms with Gasteiger partial charge in [-0.15, -0.1) is 0 Å². The maximum Gasteiger partial charge on any atom is 0.492 e. The monoisotopic (exact) mass is 575 g/mol. The Bertz CT molecular complexity index is 1350. The van der Waals surface area contributed by atoms with Crippen LogP contribution >= 0.6 is 15.9 Å². The number of nitrogens with one attached hydrogen (secondary N) is 1. The molecule has 3 aromatic rings. The topological polar surface area (TPSA) is 95.7 Å². The summed E-state index contributed by atoms with van der Waals surface area (Å²) in [6.45, 7) is 8.33. The lowest BCUT2D eigenvalue weighted by molar-refractivity contribution is 0.00578. The van der Waals surface area contributed by atoms with Crippen molar-refractivity contribution in [2.75, 3.05) is 18.9 Å². The molecule has 1 aliphatic heterocycles. The zero-order chi connectivity index (χ0) is 27.1. The number of rotatable bonds is 6. The van der Waals surface area contributed by atoms with E-state index in [-0.39, 0.29) is 19.1 Å².